The van der Waals surface area contributed by atoms with Gasteiger partial charge < -0.3 is 0 Å². The topological polar surface area (TPSA) is 35.8 Å². The van der Waals surface area contributed by atoms with Gasteiger partial charge >= 0.3 is 0 Å². The molecular weight excluding hydrogens is 196 g/mol. The summed E-state index contributed by atoms with van der Waals surface area (Å²) in [7, 11) is 0. The Balaban J connectivity index is 2.62. The zero-order valence-corrected chi connectivity index (χ0v) is 11.4. The minimum atomic E-state index is -0.254. The fraction of sp³-hybridized carbons (Fsp3) is 0.929. The lowest BCUT2D eigenvalue weighted by Gasteiger charge is -2.41. The lowest BCUT2D eigenvalue weighted by Crippen LogP contribution is -2.50. The molecule has 1 aliphatic rings. The van der Waals surface area contributed by atoms with E-state index < -0.39 is 0 Å². The van der Waals surface area contributed by atoms with Crippen LogP contribution in [0, 0.1) is 22.7 Å². The molecule has 1 N–H and O–H groups in total. The van der Waals surface area contributed by atoms with Gasteiger partial charge in [-0.05, 0) is 50.9 Å². The molecule has 1 saturated carbocycles. The van der Waals surface area contributed by atoms with Crippen molar-refractivity contribution in [2.45, 2.75) is 71.9 Å². The molecule has 0 heterocycles. The van der Waals surface area contributed by atoms with Gasteiger partial charge in [0.05, 0.1) is 6.07 Å². The van der Waals surface area contributed by atoms with Crippen molar-refractivity contribution in [1.29, 1.82) is 5.26 Å². The highest BCUT2D eigenvalue weighted by atomic mass is 15.0. The Labute approximate surface area is 100 Å². The van der Waals surface area contributed by atoms with E-state index in [1.807, 2.05) is 0 Å². The Bertz CT molecular complexity index is 259. The van der Waals surface area contributed by atoms with Crippen LogP contribution < -0.4 is 5.32 Å². The molecule has 2 heteroatoms. The van der Waals surface area contributed by atoms with Crippen LogP contribution in [0.5, 0.6) is 0 Å². The second-order valence-electron chi connectivity index (χ2n) is 6.63. The van der Waals surface area contributed by atoms with Gasteiger partial charge in [-0.2, -0.15) is 5.26 Å². The smallest absolute Gasteiger partial charge is 0.106 e. The summed E-state index contributed by atoms with van der Waals surface area (Å²) >= 11 is 0. The maximum atomic E-state index is 9.37. The first-order valence-corrected chi connectivity index (χ1v) is 6.48. The second-order valence-corrected chi connectivity index (χ2v) is 6.63. The lowest BCUT2D eigenvalue weighted by atomic mass is 9.67. The normalized spacial score (nSPS) is 31.4. The van der Waals surface area contributed by atoms with Crippen LogP contribution in [0.1, 0.15) is 60.3 Å². The maximum Gasteiger partial charge on any atom is 0.106 e. The van der Waals surface area contributed by atoms with Crippen molar-refractivity contribution in [3.8, 4) is 6.07 Å². The summed E-state index contributed by atoms with van der Waals surface area (Å²) in [6, 6.07) is 2.90. The third kappa shape index (κ3) is 3.22. The molecule has 0 aromatic carbocycles. The minimum absolute atomic E-state index is 0.254. The van der Waals surface area contributed by atoms with Crippen LogP contribution in [-0.4, -0.2) is 11.6 Å². The van der Waals surface area contributed by atoms with Gasteiger partial charge in [0.1, 0.15) is 5.54 Å². The zero-order valence-electron chi connectivity index (χ0n) is 11.4. The van der Waals surface area contributed by atoms with Crippen molar-refractivity contribution >= 4 is 0 Å². The Hall–Kier alpha value is -0.550. The second kappa shape index (κ2) is 4.75. The quantitative estimate of drug-likeness (QED) is 0.776. The van der Waals surface area contributed by atoms with Crippen LogP contribution in [0.25, 0.3) is 0 Å². The largest absolute Gasteiger partial charge is 0.297 e. The van der Waals surface area contributed by atoms with Gasteiger partial charge in [-0.1, -0.05) is 20.8 Å². The number of hydrogen-bond acceptors (Lipinski definition) is 2. The molecule has 1 aliphatic carbocycles. The molecule has 0 atom stereocenters. The molecule has 0 saturated heterocycles. The summed E-state index contributed by atoms with van der Waals surface area (Å²) in [4.78, 5) is 0. The number of nitrogens with one attached hydrogen (secondary N) is 1. The van der Waals surface area contributed by atoms with Gasteiger partial charge in [0.15, 0.2) is 0 Å². The maximum absolute atomic E-state index is 9.37. The van der Waals surface area contributed by atoms with Gasteiger partial charge in [-0.15, -0.1) is 0 Å². The molecule has 16 heavy (non-hydrogen) atoms. The third-order valence-electron chi connectivity index (χ3n) is 3.84. The third-order valence-corrected chi connectivity index (χ3v) is 3.84. The van der Waals surface area contributed by atoms with E-state index >= 15 is 0 Å². The van der Waals surface area contributed by atoms with Crippen molar-refractivity contribution in [1.82, 2.24) is 5.32 Å². The zero-order chi connectivity index (χ0) is 12.4. The fourth-order valence-electron chi connectivity index (χ4n) is 2.82. The number of nitrogens with zero attached hydrogens (tertiary/aromatic N) is 1. The average molecular weight is 222 g/mol. The van der Waals surface area contributed by atoms with Crippen LogP contribution in [0.2, 0.25) is 0 Å². The van der Waals surface area contributed by atoms with Crippen LogP contribution in [0.3, 0.4) is 0 Å². The molecule has 1 rings (SSSR count). The summed E-state index contributed by atoms with van der Waals surface area (Å²) in [6.07, 6.45) is 4.36. The Morgan fingerprint density at radius 3 is 2.06 bits per heavy atom. The van der Waals surface area contributed by atoms with E-state index in [0.717, 1.165) is 18.8 Å². The lowest BCUT2D eigenvalue weighted by molar-refractivity contribution is 0.134. The van der Waals surface area contributed by atoms with Crippen molar-refractivity contribution < 1.29 is 0 Å². The standard InChI is InChI=1S/C14H26N2/c1-11(2)16-14(10-15)8-6-12(7-9-14)13(3,4)5/h11-12,16H,6-9H2,1-5H3. The molecule has 1 fully saturated rings. The predicted molar refractivity (Wildman–Crippen MR) is 68.0 cm³/mol. The molecular formula is C14H26N2. The fourth-order valence-corrected chi connectivity index (χ4v) is 2.82. The Morgan fingerprint density at radius 1 is 1.25 bits per heavy atom. The first-order chi connectivity index (χ1) is 7.29. The van der Waals surface area contributed by atoms with Crippen LogP contribution >= 0.6 is 0 Å². The van der Waals surface area contributed by atoms with Crippen molar-refractivity contribution in [3.63, 3.8) is 0 Å². The van der Waals surface area contributed by atoms with Gasteiger partial charge in [0, 0.05) is 6.04 Å². The molecule has 0 bridgehead atoms. The Kier molecular flexibility index (Phi) is 4.02. The summed E-state index contributed by atoms with van der Waals surface area (Å²) in [5.41, 5.74) is 0.134. The van der Waals surface area contributed by atoms with E-state index in [-0.39, 0.29) is 5.54 Å². The molecule has 0 unspecified atom stereocenters. The van der Waals surface area contributed by atoms with E-state index in [1.54, 1.807) is 0 Å². The van der Waals surface area contributed by atoms with E-state index in [2.05, 4.69) is 46.0 Å². The van der Waals surface area contributed by atoms with Crippen molar-refractivity contribution in [2.75, 3.05) is 0 Å². The summed E-state index contributed by atoms with van der Waals surface area (Å²) in [6.45, 7) is 11.2. The highest BCUT2D eigenvalue weighted by molar-refractivity contribution is 5.10. The van der Waals surface area contributed by atoms with Gasteiger partial charge in [0.2, 0.25) is 0 Å². The minimum Gasteiger partial charge on any atom is -0.297 e. The van der Waals surface area contributed by atoms with Gasteiger partial charge in [-0.3, -0.25) is 5.32 Å². The molecule has 0 aromatic rings. The molecule has 92 valence electrons. The van der Waals surface area contributed by atoms with Crippen molar-refractivity contribution in [2.24, 2.45) is 11.3 Å². The molecule has 0 amide bonds. The average Bonchev–Trinajstić information content (AvgIpc) is 2.16. The Morgan fingerprint density at radius 2 is 1.75 bits per heavy atom. The van der Waals surface area contributed by atoms with E-state index in [1.165, 1.54) is 12.8 Å². The summed E-state index contributed by atoms with van der Waals surface area (Å²) < 4.78 is 0. The first-order valence-electron chi connectivity index (χ1n) is 6.48. The molecule has 0 aliphatic heterocycles. The molecule has 0 spiro atoms. The van der Waals surface area contributed by atoms with Crippen molar-refractivity contribution in [3.05, 3.63) is 0 Å². The van der Waals surface area contributed by atoms with Crippen LogP contribution in [0.15, 0.2) is 0 Å². The van der Waals surface area contributed by atoms with E-state index in [0.29, 0.717) is 11.5 Å². The summed E-state index contributed by atoms with van der Waals surface area (Å²) in [5, 5.41) is 12.8. The number of hydrogen-bond donors (Lipinski definition) is 1. The highest BCUT2D eigenvalue weighted by Crippen LogP contribution is 2.41. The van der Waals surface area contributed by atoms with E-state index in [9.17, 15) is 5.26 Å². The van der Waals surface area contributed by atoms with Gasteiger partial charge in [0.25, 0.3) is 0 Å². The molecule has 0 aromatic heterocycles. The van der Waals surface area contributed by atoms with Crippen LogP contribution in [-0.2, 0) is 0 Å². The number of nitriles is 1. The predicted octanol–water partition coefficient (Wildman–Crippen LogP) is 3.48. The molecule has 2 nitrogen and oxygen atoms in total. The van der Waals surface area contributed by atoms with Crippen LogP contribution in [0.4, 0.5) is 0 Å². The first kappa shape index (κ1) is 13.5. The molecule has 0 radical (unpaired) electrons. The monoisotopic (exact) mass is 222 g/mol. The number of rotatable bonds is 2. The highest BCUT2D eigenvalue weighted by Gasteiger charge is 2.38. The SMILES string of the molecule is CC(C)NC1(C#N)CCC(C(C)(C)C)CC1. The van der Waals surface area contributed by atoms with E-state index in [4.69, 9.17) is 0 Å². The summed E-state index contributed by atoms with van der Waals surface area (Å²) in [5.74, 6) is 0.767. The van der Waals surface area contributed by atoms with Gasteiger partial charge in [-0.25, -0.2) is 0 Å².